The second-order valence-electron chi connectivity index (χ2n) is 10.7. The van der Waals surface area contributed by atoms with Gasteiger partial charge in [0.1, 0.15) is 11.6 Å². The molecule has 0 unspecified atom stereocenters. The van der Waals surface area contributed by atoms with E-state index in [1.165, 1.54) is 43.5 Å². The highest BCUT2D eigenvalue weighted by Crippen LogP contribution is 2.34. The van der Waals surface area contributed by atoms with Gasteiger partial charge in [-0.2, -0.15) is 4.98 Å². The van der Waals surface area contributed by atoms with Crippen LogP contribution in [-0.4, -0.2) is 101 Å². The van der Waals surface area contributed by atoms with Crippen LogP contribution in [0.1, 0.15) is 12.8 Å². The molecule has 0 atom stereocenters. The summed E-state index contributed by atoms with van der Waals surface area (Å²) < 4.78 is 31.2. The summed E-state index contributed by atoms with van der Waals surface area (Å²) >= 11 is 0. The number of nitrogens with one attached hydrogen (secondary N) is 2. The minimum atomic E-state index is -3.42. The Balaban J connectivity index is 1.25. The van der Waals surface area contributed by atoms with Crippen molar-refractivity contribution >= 4 is 44.5 Å². The van der Waals surface area contributed by atoms with E-state index in [9.17, 15) is 8.42 Å². The standard InChI is InChI=1S/C29H40N8O3S/c1-34-17-19-37(20-18-34)22-12-15-36(16-13-22)23-9-10-25(27(21-23)40-3)32-29-30-14-11-28(33-29)31-24-7-5-6-8-26(24)35(2)41(4,38)39/h5-11,14,21-22H,12-13,15-20H2,1-4H3,(H2,30,31,32,33). The molecule has 11 nitrogen and oxygen atoms in total. The molecule has 2 aliphatic rings. The van der Waals surface area contributed by atoms with Crippen molar-refractivity contribution in [1.29, 1.82) is 0 Å². The van der Waals surface area contributed by atoms with Gasteiger partial charge in [0.05, 0.1) is 30.4 Å². The highest BCUT2D eigenvalue weighted by molar-refractivity contribution is 7.92. The average molecular weight is 581 g/mol. The van der Waals surface area contributed by atoms with Gasteiger partial charge in [-0.05, 0) is 50.2 Å². The van der Waals surface area contributed by atoms with Crippen LogP contribution in [0.5, 0.6) is 5.75 Å². The normalized spacial score (nSPS) is 17.3. The molecule has 2 fully saturated rings. The molecule has 41 heavy (non-hydrogen) atoms. The second kappa shape index (κ2) is 12.5. The van der Waals surface area contributed by atoms with Crippen LogP contribution in [0.15, 0.2) is 54.7 Å². The van der Waals surface area contributed by atoms with Crippen molar-refractivity contribution in [3.05, 3.63) is 54.7 Å². The first-order chi connectivity index (χ1) is 19.7. The summed E-state index contributed by atoms with van der Waals surface area (Å²) in [5.41, 5.74) is 3.04. The van der Waals surface area contributed by atoms with Crippen LogP contribution in [0, 0.1) is 0 Å². The molecule has 2 saturated heterocycles. The van der Waals surface area contributed by atoms with Gasteiger partial charge in [0.2, 0.25) is 16.0 Å². The maximum Gasteiger partial charge on any atom is 0.232 e. The van der Waals surface area contributed by atoms with Crippen LogP contribution in [0.3, 0.4) is 0 Å². The van der Waals surface area contributed by atoms with Crippen LogP contribution < -0.4 is 24.6 Å². The van der Waals surface area contributed by atoms with Crippen molar-refractivity contribution < 1.29 is 13.2 Å². The second-order valence-corrected chi connectivity index (χ2v) is 12.7. The molecular formula is C29H40N8O3S. The Kier molecular flexibility index (Phi) is 8.81. The third-order valence-electron chi connectivity index (χ3n) is 7.97. The van der Waals surface area contributed by atoms with Gasteiger partial charge in [-0.1, -0.05) is 12.1 Å². The molecule has 0 aliphatic carbocycles. The summed E-state index contributed by atoms with van der Waals surface area (Å²) in [4.78, 5) is 16.5. The summed E-state index contributed by atoms with van der Waals surface area (Å²) in [5, 5.41) is 6.49. The van der Waals surface area contributed by atoms with E-state index < -0.39 is 10.0 Å². The van der Waals surface area contributed by atoms with Crippen LogP contribution in [-0.2, 0) is 10.0 Å². The van der Waals surface area contributed by atoms with Crippen LogP contribution in [0.2, 0.25) is 0 Å². The fraction of sp³-hybridized carbons (Fsp3) is 0.448. The molecule has 3 heterocycles. The molecule has 2 aliphatic heterocycles. The van der Waals surface area contributed by atoms with Crippen molar-refractivity contribution in [3.63, 3.8) is 0 Å². The van der Waals surface area contributed by atoms with Crippen LogP contribution in [0.25, 0.3) is 0 Å². The molecule has 0 saturated carbocycles. The van der Waals surface area contributed by atoms with Crippen molar-refractivity contribution in [2.75, 3.05) is 86.6 Å². The highest BCUT2D eigenvalue weighted by atomic mass is 32.2. The predicted octanol–water partition coefficient (Wildman–Crippen LogP) is 3.58. The third kappa shape index (κ3) is 7.00. The molecule has 0 amide bonds. The van der Waals surface area contributed by atoms with Gasteiger partial charge in [-0.15, -0.1) is 0 Å². The largest absolute Gasteiger partial charge is 0.494 e. The number of hydrogen-bond donors (Lipinski definition) is 2. The number of piperazine rings is 1. The summed E-state index contributed by atoms with van der Waals surface area (Å²) in [5.74, 6) is 1.63. The number of anilines is 6. The zero-order valence-electron chi connectivity index (χ0n) is 24.2. The van der Waals surface area contributed by atoms with Gasteiger partial charge < -0.3 is 25.2 Å². The quantitative estimate of drug-likeness (QED) is 0.390. The van der Waals surface area contributed by atoms with Gasteiger partial charge in [0.15, 0.2) is 0 Å². The van der Waals surface area contributed by atoms with Gasteiger partial charge in [-0.25, -0.2) is 13.4 Å². The number of benzene rings is 2. The first-order valence-corrected chi connectivity index (χ1v) is 15.8. The molecule has 0 bridgehead atoms. The number of aromatic nitrogens is 2. The van der Waals surface area contributed by atoms with E-state index in [0.29, 0.717) is 34.9 Å². The average Bonchev–Trinajstić information content (AvgIpc) is 2.97. The summed E-state index contributed by atoms with van der Waals surface area (Å²) in [6.45, 7) is 6.70. The molecule has 0 spiro atoms. The van der Waals surface area contributed by atoms with E-state index in [1.54, 1.807) is 31.5 Å². The molecule has 3 aromatic rings. The van der Waals surface area contributed by atoms with Gasteiger partial charge in [0, 0.05) is 70.3 Å². The molecule has 2 aromatic carbocycles. The minimum Gasteiger partial charge on any atom is -0.494 e. The Morgan fingerprint density at radius 1 is 0.951 bits per heavy atom. The van der Waals surface area contributed by atoms with Crippen LogP contribution >= 0.6 is 0 Å². The Hall–Kier alpha value is -3.61. The Labute approximate surface area is 243 Å². The Morgan fingerprint density at radius 3 is 2.39 bits per heavy atom. The van der Waals surface area contributed by atoms with Gasteiger partial charge >= 0.3 is 0 Å². The topological polar surface area (TPSA) is 106 Å². The fourth-order valence-corrected chi connectivity index (χ4v) is 5.95. The van der Waals surface area contributed by atoms with Crippen molar-refractivity contribution in [2.24, 2.45) is 0 Å². The van der Waals surface area contributed by atoms with Crippen LogP contribution in [0.4, 0.5) is 34.5 Å². The third-order valence-corrected chi connectivity index (χ3v) is 9.17. The number of methoxy groups -OCH3 is 1. The molecule has 0 radical (unpaired) electrons. The van der Waals surface area contributed by atoms with E-state index in [1.807, 2.05) is 18.2 Å². The molecular weight excluding hydrogens is 540 g/mol. The van der Waals surface area contributed by atoms with Crippen molar-refractivity contribution in [1.82, 2.24) is 19.8 Å². The van der Waals surface area contributed by atoms with Crippen molar-refractivity contribution in [2.45, 2.75) is 18.9 Å². The lowest BCUT2D eigenvalue weighted by Gasteiger charge is -2.42. The van der Waals surface area contributed by atoms with Gasteiger partial charge in [0.25, 0.3) is 0 Å². The first kappa shape index (κ1) is 28.9. The number of piperidine rings is 1. The van der Waals surface area contributed by atoms with E-state index in [-0.39, 0.29) is 0 Å². The maximum absolute atomic E-state index is 12.1. The lowest BCUT2D eigenvalue weighted by atomic mass is 10.0. The number of nitrogens with zero attached hydrogens (tertiary/aromatic N) is 6. The zero-order valence-corrected chi connectivity index (χ0v) is 25.1. The van der Waals surface area contributed by atoms with E-state index in [4.69, 9.17) is 4.74 Å². The van der Waals surface area contributed by atoms with Gasteiger partial charge in [-0.3, -0.25) is 9.21 Å². The lowest BCUT2D eigenvalue weighted by Crippen LogP contribution is -2.52. The first-order valence-electron chi connectivity index (χ1n) is 14.0. The summed E-state index contributed by atoms with van der Waals surface area (Å²) in [7, 11) is 1.97. The number of rotatable bonds is 9. The Bertz CT molecular complexity index is 1440. The zero-order chi connectivity index (χ0) is 29.0. The van der Waals surface area contributed by atoms with Crippen molar-refractivity contribution in [3.8, 4) is 5.75 Å². The monoisotopic (exact) mass is 580 g/mol. The van der Waals surface area contributed by atoms with E-state index >= 15 is 0 Å². The number of likely N-dealkylation sites (N-methyl/N-ethyl adjacent to an activating group) is 1. The number of para-hydroxylation sites is 2. The highest BCUT2D eigenvalue weighted by Gasteiger charge is 2.27. The smallest absolute Gasteiger partial charge is 0.232 e. The summed E-state index contributed by atoms with van der Waals surface area (Å²) in [6.07, 6.45) is 5.16. The predicted molar refractivity (Wildman–Crippen MR) is 166 cm³/mol. The number of ether oxygens (including phenoxy) is 1. The Morgan fingerprint density at radius 2 is 1.68 bits per heavy atom. The lowest BCUT2D eigenvalue weighted by molar-refractivity contribution is 0.0982. The number of sulfonamides is 1. The van der Waals surface area contributed by atoms with E-state index in [0.717, 1.165) is 37.6 Å². The molecule has 2 N–H and O–H groups in total. The van der Waals surface area contributed by atoms with E-state index in [2.05, 4.69) is 54.5 Å². The molecule has 220 valence electrons. The summed E-state index contributed by atoms with van der Waals surface area (Å²) in [6, 6.07) is 15.8. The molecule has 5 rings (SSSR count). The SMILES string of the molecule is COc1cc(N2CCC(N3CCN(C)CC3)CC2)ccc1Nc1nccc(Nc2ccccc2N(C)S(C)(=O)=O)n1. The molecule has 1 aromatic heterocycles. The minimum absolute atomic E-state index is 0.392. The number of hydrogen-bond acceptors (Lipinski definition) is 10. The maximum atomic E-state index is 12.1. The molecule has 12 heteroatoms. The fourth-order valence-electron chi connectivity index (χ4n) is 5.44.